The number of rotatable bonds is 5. The fourth-order valence-electron chi connectivity index (χ4n) is 1.61. The van der Waals surface area contributed by atoms with E-state index in [1.807, 2.05) is 0 Å². The summed E-state index contributed by atoms with van der Waals surface area (Å²) in [5, 5.41) is 4.48. The molecule has 2 amide bonds. The molecule has 0 aliphatic carbocycles. The molecule has 0 saturated carbocycles. The Hall–Kier alpha value is -1.51. The van der Waals surface area contributed by atoms with E-state index in [9.17, 15) is 22.8 Å². The third-order valence-corrected chi connectivity index (χ3v) is 3.02. The number of amides is 2. The first-order chi connectivity index (χ1) is 10.1. The molecule has 0 heterocycles. The zero-order chi connectivity index (χ0) is 16.9. The summed E-state index contributed by atoms with van der Waals surface area (Å²) < 4.78 is 38.1. The smallest absolute Gasteiger partial charge is 0.335 e. The SMILES string of the molecule is CNCC(=O)N(C)CC(=O)Nc1ccc(Cl)c(C(F)(F)F)c1.Cl. The van der Waals surface area contributed by atoms with Gasteiger partial charge >= 0.3 is 6.18 Å². The lowest BCUT2D eigenvalue weighted by molar-refractivity contribution is -0.137. The summed E-state index contributed by atoms with van der Waals surface area (Å²) in [6.07, 6.45) is -4.61. The van der Waals surface area contributed by atoms with Crippen LogP contribution < -0.4 is 10.6 Å². The van der Waals surface area contributed by atoms with Gasteiger partial charge in [-0.15, -0.1) is 12.4 Å². The molecule has 1 rings (SSSR count). The molecule has 1 aromatic carbocycles. The third-order valence-electron chi connectivity index (χ3n) is 2.69. The Morgan fingerprint density at radius 3 is 2.43 bits per heavy atom. The summed E-state index contributed by atoms with van der Waals surface area (Å²) in [4.78, 5) is 24.4. The van der Waals surface area contributed by atoms with Crippen LogP contribution in [0.4, 0.5) is 18.9 Å². The van der Waals surface area contributed by atoms with Gasteiger partial charge in [-0.1, -0.05) is 11.6 Å². The highest BCUT2D eigenvalue weighted by Crippen LogP contribution is 2.36. The van der Waals surface area contributed by atoms with E-state index in [0.717, 1.165) is 17.0 Å². The molecule has 1 aromatic rings. The van der Waals surface area contributed by atoms with Gasteiger partial charge in [-0.05, 0) is 25.2 Å². The number of nitrogens with zero attached hydrogens (tertiary/aromatic N) is 1. The van der Waals surface area contributed by atoms with Crippen LogP contribution >= 0.6 is 24.0 Å². The van der Waals surface area contributed by atoms with E-state index in [1.165, 1.54) is 13.1 Å². The maximum atomic E-state index is 12.7. The maximum absolute atomic E-state index is 12.7. The van der Waals surface area contributed by atoms with Crippen molar-refractivity contribution >= 4 is 41.5 Å². The summed E-state index contributed by atoms with van der Waals surface area (Å²) in [6.45, 7) is -0.215. The van der Waals surface area contributed by atoms with E-state index in [-0.39, 0.29) is 37.1 Å². The van der Waals surface area contributed by atoms with Crippen molar-refractivity contribution in [2.24, 2.45) is 0 Å². The van der Waals surface area contributed by atoms with Crippen molar-refractivity contribution in [2.75, 3.05) is 32.5 Å². The number of hydrogen-bond acceptors (Lipinski definition) is 3. The minimum Gasteiger partial charge on any atom is -0.335 e. The highest BCUT2D eigenvalue weighted by Gasteiger charge is 2.33. The molecule has 0 aliphatic heterocycles. The third kappa shape index (κ3) is 6.64. The Bertz CT molecular complexity index is 568. The number of nitrogens with one attached hydrogen (secondary N) is 2. The standard InChI is InChI=1S/C13H15ClF3N3O2.ClH/c1-18-6-12(22)20(2)7-11(21)19-8-3-4-10(14)9(5-8)13(15,16)17;/h3-5,18H,6-7H2,1-2H3,(H,19,21);1H. The first kappa shape index (κ1) is 21.5. The van der Waals surface area contributed by atoms with Crippen molar-refractivity contribution in [3.8, 4) is 0 Å². The number of benzene rings is 1. The van der Waals surface area contributed by atoms with Gasteiger partial charge in [-0.3, -0.25) is 9.59 Å². The van der Waals surface area contributed by atoms with Gasteiger partial charge in [0, 0.05) is 12.7 Å². The van der Waals surface area contributed by atoms with E-state index in [2.05, 4.69) is 10.6 Å². The second-order valence-corrected chi connectivity index (χ2v) is 4.93. The second kappa shape index (κ2) is 8.95. The van der Waals surface area contributed by atoms with Gasteiger partial charge in [0.05, 0.1) is 23.7 Å². The zero-order valence-corrected chi connectivity index (χ0v) is 13.9. The van der Waals surface area contributed by atoms with Crippen LogP contribution in [0.3, 0.4) is 0 Å². The van der Waals surface area contributed by atoms with Gasteiger partial charge in [0.25, 0.3) is 0 Å². The first-order valence-electron chi connectivity index (χ1n) is 6.20. The fourth-order valence-corrected chi connectivity index (χ4v) is 1.84. The molecular formula is C13H16Cl2F3N3O2. The van der Waals surface area contributed by atoms with Crippen LogP contribution in [0.1, 0.15) is 5.56 Å². The summed E-state index contributed by atoms with van der Waals surface area (Å²) in [6, 6.07) is 3.05. The zero-order valence-electron chi connectivity index (χ0n) is 12.3. The van der Waals surface area contributed by atoms with Crippen molar-refractivity contribution < 1.29 is 22.8 Å². The second-order valence-electron chi connectivity index (χ2n) is 4.52. The molecule has 0 fully saturated rings. The quantitative estimate of drug-likeness (QED) is 0.832. The lowest BCUT2D eigenvalue weighted by atomic mass is 10.2. The predicted molar refractivity (Wildman–Crippen MR) is 83.9 cm³/mol. The summed E-state index contributed by atoms with van der Waals surface area (Å²) >= 11 is 5.49. The van der Waals surface area contributed by atoms with E-state index >= 15 is 0 Å². The molecular weight excluding hydrogens is 358 g/mol. The number of halogens is 5. The lowest BCUT2D eigenvalue weighted by Gasteiger charge is -2.17. The normalized spacial score (nSPS) is 10.7. The first-order valence-corrected chi connectivity index (χ1v) is 6.58. The Morgan fingerprint density at radius 1 is 1.30 bits per heavy atom. The average molecular weight is 374 g/mol. The number of hydrogen-bond donors (Lipinski definition) is 2. The van der Waals surface area contributed by atoms with Gasteiger partial charge in [-0.25, -0.2) is 0 Å². The van der Waals surface area contributed by atoms with Crippen molar-refractivity contribution in [3.63, 3.8) is 0 Å². The number of anilines is 1. The summed E-state index contributed by atoms with van der Waals surface area (Å²) in [7, 11) is 3.00. The molecule has 2 N–H and O–H groups in total. The average Bonchev–Trinajstić information content (AvgIpc) is 2.39. The Labute approximate surface area is 142 Å². The molecule has 0 atom stereocenters. The molecule has 0 unspecified atom stereocenters. The Morgan fingerprint density at radius 2 is 1.91 bits per heavy atom. The Balaban J connectivity index is 0.00000484. The molecule has 0 spiro atoms. The van der Waals surface area contributed by atoms with Crippen molar-refractivity contribution in [2.45, 2.75) is 6.18 Å². The molecule has 0 bridgehead atoms. The molecule has 23 heavy (non-hydrogen) atoms. The van der Waals surface area contributed by atoms with E-state index in [1.54, 1.807) is 7.05 Å². The number of carbonyl (C=O) groups is 2. The van der Waals surface area contributed by atoms with Crippen LogP contribution in [0.25, 0.3) is 0 Å². The fraction of sp³-hybridized carbons (Fsp3) is 0.385. The van der Waals surface area contributed by atoms with Crippen LogP contribution in [-0.2, 0) is 15.8 Å². The molecule has 10 heteroatoms. The van der Waals surface area contributed by atoms with Crippen LogP contribution in [0.5, 0.6) is 0 Å². The van der Waals surface area contributed by atoms with Crippen molar-refractivity contribution in [1.29, 1.82) is 0 Å². The van der Waals surface area contributed by atoms with Crippen molar-refractivity contribution in [3.05, 3.63) is 28.8 Å². The molecule has 0 radical (unpaired) electrons. The number of carbonyl (C=O) groups excluding carboxylic acids is 2. The van der Waals surface area contributed by atoms with Crippen molar-refractivity contribution in [1.82, 2.24) is 10.2 Å². The maximum Gasteiger partial charge on any atom is 0.417 e. The number of likely N-dealkylation sites (N-methyl/N-ethyl adjacent to an activating group) is 2. The highest BCUT2D eigenvalue weighted by molar-refractivity contribution is 6.31. The predicted octanol–water partition coefficient (Wildman–Crippen LogP) is 2.40. The van der Waals surface area contributed by atoms with Crippen LogP contribution in [0.2, 0.25) is 5.02 Å². The molecule has 130 valence electrons. The van der Waals surface area contributed by atoms with Crippen LogP contribution in [-0.4, -0.2) is 43.9 Å². The molecule has 0 aromatic heterocycles. The van der Waals surface area contributed by atoms with E-state index < -0.39 is 22.7 Å². The van der Waals surface area contributed by atoms with E-state index in [0.29, 0.717) is 0 Å². The molecule has 5 nitrogen and oxygen atoms in total. The summed E-state index contributed by atoms with van der Waals surface area (Å²) in [5.74, 6) is -0.924. The molecule has 0 saturated heterocycles. The van der Waals surface area contributed by atoms with Gasteiger partial charge in [0.15, 0.2) is 0 Å². The summed E-state index contributed by atoms with van der Waals surface area (Å²) in [5.41, 5.74) is -1.08. The minimum absolute atomic E-state index is 0. The van der Waals surface area contributed by atoms with E-state index in [4.69, 9.17) is 11.6 Å². The lowest BCUT2D eigenvalue weighted by Crippen LogP contribution is -2.39. The number of alkyl halides is 3. The van der Waals surface area contributed by atoms with Crippen LogP contribution in [0, 0.1) is 0 Å². The largest absolute Gasteiger partial charge is 0.417 e. The van der Waals surface area contributed by atoms with Gasteiger partial charge in [0.1, 0.15) is 0 Å². The minimum atomic E-state index is -4.61. The molecule has 0 aliphatic rings. The van der Waals surface area contributed by atoms with Gasteiger partial charge in [0.2, 0.25) is 11.8 Å². The van der Waals surface area contributed by atoms with Crippen LogP contribution in [0.15, 0.2) is 18.2 Å². The van der Waals surface area contributed by atoms with Gasteiger partial charge < -0.3 is 15.5 Å². The topological polar surface area (TPSA) is 61.4 Å². The monoisotopic (exact) mass is 373 g/mol. The van der Waals surface area contributed by atoms with Gasteiger partial charge in [-0.2, -0.15) is 13.2 Å². The Kier molecular flexibility index (Phi) is 8.36. The highest BCUT2D eigenvalue weighted by atomic mass is 35.5.